The van der Waals surface area contributed by atoms with Gasteiger partial charge in [-0.1, -0.05) is 26.8 Å². The summed E-state index contributed by atoms with van der Waals surface area (Å²) in [4.78, 5) is 7.04. The van der Waals surface area contributed by atoms with Gasteiger partial charge in [-0.15, -0.1) is 0 Å². The summed E-state index contributed by atoms with van der Waals surface area (Å²) in [5, 5.41) is 9.15. The Balaban J connectivity index is 1.90. The topological polar surface area (TPSA) is 36.4 Å². The Morgan fingerprint density at radius 1 is 1.26 bits per heavy atom. The Hall–Kier alpha value is -0.930. The van der Waals surface area contributed by atoms with E-state index in [1.54, 1.807) is 0 Å². The van der Waals surface area contributed by atoms with Crippen molar-refractivity contribution in [3.63, 3.8) is 0 Å². The van der Waals surface area contributed by atoms with E-state index >= 15 is 0 Å². The average molecular weight is 262 g/mol. The van der Waals surface area contributed by atoms with Crippen molar-refractivity contribution >= 4 is 0 Å². The Bertz CT molecular complexity index is 386. The van der Waals surface area contributed by atoms with Crippen LogP contribution >= 0.6 is 0 Å². The van der Waals surface area contributed by atoms with Crippen LogP contribution in [0.2, 0.25) is 0 Å². The van der Waals surface area contributed by atoms with E-state index in [4.69, 9.17) is 5.11 Å². The lowest BCUT2D eigenvalue weighted by atomic mass is 9.91. The molecule has 0 bridgehead atoms. The van der Waals surface area contributed by atoms with Gasteiger partial charge in [0.2, 0.25) is 0 Å². The van der Waals surface area contributed by atoms with Gasteiger partial charge in [-0.25, -0.2) is 0 Å². The highest BCUT2D eigenvalue weighted by atomic mass is 16.3. The maximum atomic E-state index is 9.15. The SMILES string of the molecule is CC(C)(C)c1ccc(CN2CCC(CO)CC2)cn1. The quantitative estimate of drug-likeness (QED) is 0.909. The number of aromatic nitrogens is 1. The minimum Gasteiger partial charge on any atom is -0.396 e. The molecule has 106 valence electrons. The summed E-state index contributed by atoms with van der Waals surface area (Å²) in [6.45, 7) is 10.1. The van der Waals surface area contributed by atoms with Crippen molar-refractivity contribution in [1.29, 1.82) is 0 Å². The van der Waals surface area contributed by atoms with Gasteiger partial charge in [-0.05, 0) is 43.5 Å². The third-order valence-electron chi connectivity index (χ3n) is 3.96. The molecule has 0 unspecified atom stereocenters. The van der Waals surface area contributed by atoms with Gasteiger partial charge in [0.05, 0.1) is 0 Å². The monoisotopic (exact) mass is 262 g/mol. The number of rotatable bonds is 3. The van der Waals surface area contributed by atoms with E-state index in [0.717, 1.165) is 38.2 Å². The van der Waals surface area contributed by atoms with Crippen molar-refractivity contribution in [3.05, 3.63) is 29.6 Å². The summed E-state index contributed by atoms with van der Waals surface area (Å²) in [5.74, 6) is 0.512. The fourth-order valence-electron chi connectivity index (χ4n) is 2.55. The van der Waals surface area contributed by atoms with Crippen LogP contribution in [0.3, 0.4) is 0 Å². The molecule has 2 heterocycles. The molecule has 0 spiro atoms. The first-order chi connectivity index (χ1) is 8.99. The standard InChI is InChI=1S/C16H26N2O/c1-16(2,3)15-5-4-14(10-17-15)11-18-8-6-13(12-19)7-9-18/h4-5,10,13,19H,6-9,11-12H2,1-3H3. The Labute approximate surface area is 116 Å². The highest BCUT2D eigenvalue weighted by Crippen LogP contribution is 2.21. The number of aliphatic hydroxyl groups is 1. The minimum absolute atomic E-state index is 0.123. The van der Waals surface area contributed by atoms with Crippen LogP contribution in [-0.4, -0.2) is 34.7 Å². The molecule has 1 aromatic rings. The van der Waals surface area contributed by atoms with Crippen molar-refractivity contribution < 1.29 is 5.11 Å². The Morgan fingerprint density at radius 2 is 1.95 bits per heavy atom. The van der Waals surface area contributed by atoms with Gasteiger partial charge >= 0.3 is 0 Å². The van der Waals surface area contributed by atoms with Gasteiger partial charge in [0, 0.05) is 30.5 Å². The first kappa shape index (κ1) is 14.5. The second-order valence-corrected chi connectivity index (χ2v) is 6.70. The highest BCUT2D eigenvalue weighted by molar-refractivity contribution is 5.19. The van der Waals surface area contributed by atoms with E-state index in [1.807, 2.05) is 6.20 Å². The molecule has 2 rings (SSSR count). The summed E-state index contributed by atoms with van der Waals surface area (Å²) < 4.78 is 0. The third kappa shape index (κ3) is 4.02. The third-order valence-corrected chi connectivity index (χ3v) is 3.96. The fourth-order valence-corrected chi connectivity index (χ4v) is 2.55. The lowest BCUT2D eigenvalue weighted by Gasteiger charge is -2.31. The largest absolute Gasteiger partial charge is 0.396 e. The maximum absolute atomic E-state index is 9.15. The van der Waals surface area contributed by atoms with Crippen LogP contribution in [-0.2, 0) is 12.0 Å². The van der Waals surface area contributed by atoms with Crippen LogP contribution in [0.4, 0.5) is 0 Å². The first-order valence-corrected chi connectivity index (χ1v) is 7.27. The molecular weight excluding hydrogens is 236 g/mol. The van der Waals surface area contributed by atoms with Gasteiger partial charge in [0.25, 0.3) is 0 Å². The first-order valence-electron chi connectivity index (χ1n) is 7.27. The number of nitrogens with zero attached hydrogens (tertiary/aromatic N) is 2. The number of piperidine rings is 1. The summed E-state index contributed by atoms with van der Waals surface area (Å²) in [6, 6.07) is 4.35. The number of hydrogen-bond donors (Lipinski definition) is 1. The zero-order valence-corrected chi connectivity index (χ0v) is 12.4. The van der Waals surface area contributed by atoms with Crippen molar-refractivity contribution in [1.82, 2.24) is 9.88 Å². The maximum Gasteiger partial charge on any atom is 0.0460 e. The van der Waals surface area contributed by atoms with Gasteiger partial charge in [0.1, 0.15) is 0 Å². The normalized spacial score (nSPS) is 18.7. The molecule has 1 aromatic heterocycles. The Morgan fingerprint density at radius 3 is 2.42 bits per heavy atom. The lowest BCUT2D eigenvalue weighted by Crippen LogP contribution is -2.34. The molecule has 1 aliphatic heterocycles. The summed E-state index contributed by atoms with van der Waals surface area (Å²) in [6.07, 6.45) is 4.24. The van der Waals surface area contributed by atoms with Crippen LogP contribution < -0.4 is 0 Å². The highest BCUT2D eigenvalue weighted by Gasteiger charge is 2.19. The zero-order chi connectivity index (χ0) is 13.9. The molecule has 0 amide bonds. The molecule has 0 aromatic carbocycles. The predicted octanol–water partition coefficient (Wildman–Crippen LogP) is 2.58. The number of likely N-dealkylation sites (tertiary alicyclic amines) is 1. The molecule has 1 N–H and O–H groups in total. The molecule has 0 saturated carbocycles. The number of hydrogen-bond acceptors (Lipinski definition) is 3. The van der Waals surface area contributed by atoms with E-state index < -0.39 is 0 Å². The zero-order valence-electron chi connectivity index (χ0n) is 12.4. The molecule has 1 aliphatic rings. The lowest BCUT2D eigenvalue weighted by molar-refractivity contribution is 0.127. The van der Waals surface area contributed by atoms with E-state index in [2.05, 4.69) is 42.8 Å². The molecule has 0 radical (unpaired) electrons. The molecule has 1 saturated heterocycles. The molecule has 0 aliphatic carbocycles. The second-order valence-electron chi connectivity index (χ2n) is 6.70. The Kier molecular flexibility index (Phi) is 4.58. The van der Waals surface area contributed by atoms with Crippen molar-refractivity contribution in [2.45, 2.75) is 45.6 Å². The average Bonchev–Trinajstić information content (AvgIpc) is 2.39. The van der Waals surface area contributed by atoms with Crippen LogP contribution in [0.15, 0.2) is 18.3 Å². The summed E-state index contributed by atoms with van der Waals surface area (Å²) >= 11 is 0. The van der Waals surface area contributed by atoms with Gasteiger partial charge in [0.15, 0.2) is 0 Å². The summed E-state index contributed by atoms with van der Waals surface area (Å²) in [7, 11) is 0. The van der Waals surface area contributed by atoms with Gasteiger partial charge in [-0.2, -0.15) is 0 Å². The fraction of sp³-hybridized carbons (Fsp3) is 0.688. The molecule has 19 heavy (non-hydrogen) atoms. The second kappa shape index (κ2) is 6.02. The van der Waals surface area contributed by atoms with E-state index in [1.165, 1.54) is 5.56 Å². The van der Waals surface area contributed by atoms with Crippen LogP contribution in [0.1, 0.15) is 44.9 Å². The molecule has 1 fully saturated rings. The van der Waals surface area contributed by atoms with Gasteiger partial charge < -0.3 is 5.11 Å². The molecule has 3 nitrogen and oxygen atoms in total. The van der Waals surface area contributed by atoms with Gasteiger partial charge in [-0.3, -0.25) is 9.88 Å². The van der Waals surface area contributed by atoms with Crippen LogP contribution in [0.5, 0.6) is 0 Å². The summed E-state index contributed by atoms with van der Waals surface area (Å²) in [5.41, 5.74) is 2.56. The number of pyridine rings is 1. The van der Waals surface area contributed by atoms with Crippen molar-refractivity contribution in [2.24, 2.45) is 5.92 Å². The van der Waals surface area contributed by atoms with E-state index in [-0.39, 0.29) is 5.41 Å². The predicted molar refractivity (Wildman–Crippen MR) is 78.0 cm³/mol. The number of aliphatic hydroxyl groups excluding tert-OH is 1. The molecule has 0 atom stereocenters. The van der Waals surface area contributed by atoms with E-state index in [9.17, 15) is 0 Å². The molecule has 3 heteroatoms. The van der Waals surface area contributed by atoms with E-state index in [0.29, 0.717) is 12.5 Å². The van der Waals surface area contributed by atoms with Crippen LogP contribution in [0.25, 0.3) is 0 Å². The minimum atomic E-state index is 0.123. The van der Waals surface area contributed by atoms with Crippen molar-refractivity contribution in [2.75, 3.05) is 19.7 Å². The van der Waals surface area contributed by atoms with Crippen LogP contribution in [0, 0.1) is 5.92 Å². The van der Waals surface area contributed by atoms with Crippen molar-refractivity contribution in [3.8, 4) is 0 Å². The smallest absolute Gasteiger partial charge is 0.0460 e. The molecular formula is C16H26N2O.